The molecular weight excluding hydrogens is 246 g/mol. The molecule has 0 heterocycles. The van der Waals surface area contributed by atoms with Crippen molar-refractivity contribution in [3.8, 4) is 11.5 Å². The Bertz CT molecular complexity index is 482. The zero-order chi connectivity index (χ0) is 14.3. The van der Waals surface area contributed by atoms with E-state index in [-0.39, 0.29) is 18.3 Å². The third-order valence-electron chi connectivity index (χ3n) is 2.37. The van der Waals surface area contributed by atoms with Gasteiger partial charge in [-0.2, -0.15) is 0 Å². The van der Waals surface area contributed by atoms with Crippen molar-refractivity contribution >= 4 is 11.7 Å². The molecule has 0 unspecified atom stereocenters. The Hall–Kier alpha value is -2.30. The van der Waals surface area contributed by atoms with E-state index in [4.69, 9.17) is 9.47 Å². The van der Waals surface area contributed by atoms with Gasteiger partial charge in [-0.25, -0.2) is 0 Å². The van der Waals surface area contributed by atoms with Gasteiger partial charge in [0.05, 0.1) is 12.7 Å². The molecular formula is C14H17NO4. The van der Waals surface area contributed by atoms with Crippen LogP contribution < -0.4 is 14.8 Å². The van der Waals surface area contributed by atoms with Crippen LogP contribution in [0.2, 0.25) is 0 Å². The summed E-state index contributed by atoms with van der Waals surface area (Å²) in [6.45, 7) is 5.14. The standard InChI is InChI=1S/C14H17NO4/c1-4-7-15-14(17)9-19-13-8-11(18-3)5-6-12(13)10(2)16/h4-6,8H,1,7,9H2,2-3H3,(H,15,17). The maximum Gasteiger partial charge on any atom is 0.258 e. The first-order chi connectivity index (χ1) is 9.08. The summed E-state index contributed by atoms with van der Waals surface area (Å²) in [5.41, 5.74) is 0.414. The minimum Gasteiger partial charge on any atom is -0.497 e. The van der Waals surface area contributed by atoms with Crippen molar-refractivity contribution < 1.29 is 19.1 Å². The molecule has 102 valence electrons. The van der Waals surface area contributed by atoms with Crippen LogP contribution in [0.5, 0.6) is 11.5 Å². The van der Waals surface area contributed by atoms with Crippen LogP contribution in [0.15, 0.2) is 30.9 Å². The predicted molar refractivity (Wildman–Crippen MR) is 71.7 cm³/mol. The molecule has 1 aromatic rings. The molecule has 0 saturated heterocycles. The number of benzene rings is 1. The van der Waals surface area contributed by atoms with E-state index in [1.807, 2.05) is 0 Å². The summed E-state index contributed by atoms with van der Waals surface area (Å²) < 4.78 is 10.4. The van der Waals surface area contributed by atoms with E-state index in [9.17, 15) is 9.59 Å². The largest absolute Gasteiger partial charge is 0.497 e. The van der Waals surface area contributed by atoms with Crippen LogP contribution in [0, 0.1) is 0 Å². The Morgan fingerprint density at radius 1 is 1.42 bits per heavy atom. The molecule has 0 aliphatic heterocycles. The Labute approximate surface area is 112 Å². The number of rotatable bonds is 7. The van der Waals surface area contributed by atoms with E-state index in [1.165, 1.54) is 14.0 Å². The average Bonchev–Trinajstić information content (AvgIpc) is 2.42. The van der Waals surface area contributed by atoms with Gasteiger partial charge in [0.1, 0.15) is 11.5 Å². The summed E-state index contributed by atoms with van der Waals surface area (Å²) in [6, 6.07) is 4.86. The number of carbonyl (C=O) groups is 2. The molecule has 1 aromatic carbocycles. The van der Waals surface area contributed by atoms with Gasteiger partial charge in [-0.15, -0.1) is 6.58 Å². The van der Waals surface area contributed by atoms with E-state index in [2.05, 4.69) is 11.9 Å². The fourth-order valence-electron chi connectivity index (χ4n) is 1.42. The van der Waals surface area contributed by atoms with Crippen molar-refractivity contribution in [3.05, 3.63) is 36.4 Å². The van der Waals surface area contributed by atoms with Crippen LogP contribution in [-0.4, -0.2) is 32.0 Å². The number of ketones is 1. The molecule has 0 aromatic heterocycles. The Balaban J connectivity index is 2.77. The molecule has 5 heteroatoms. The van der Waals surface area contributed by atoms with Crippen molar-refractivity contribution in [1.29, 1.82) is 0 Å². The van der Waals surface area contributed by atoms with Gasteiger partial charge in [-0.05, 0) is 19.1 Å². The van der Waals surface area contributed by atoms with Gasteiger partial charge >= 0.3 is 0 Å². The van der Waals surface area contributed by atoms with Gasteiger partial charge in [0.15, 0.2) is 12.4 Å². The molecule has 0 aliphatic rings. The molecule has 0 radical (unpaired) electrons. The van der Waals surface area contributed by atoms with Gasteiger partial charge < -0.3 is 14.8 Å². The first-order valence-electron chi connectivity index (χ1n) is 5.78. The summed E-state index contributed by atoms with van der Waals surface area (Å²) in [4.78, 5) is 22.9. The molecule has 1 N–H and O–H groups in total. The molecule has 0 aliphatic carbocycles. The Morgan fingerprint density at radius 3 is 2.74 bits per heavy atom. The first-order valence-corrected chi connectivity index (χ1v) is 5.78. The number of ether oxygens (including phenoxy) is 2. The van der Waals surface area contributed by atoms with Crippen LogP contribution in [0.1, 0.15) is 17.3 Å². The second kappa shape index (κ2) is 7.20. The highest BCUT2D eigenvalue weighted by Gasteiger charge is 2.11. The molecule has 0 fully saturated rings. The smallest absolute Gasteiger partial charge is 0.258 e. The maximum absolute atomic E-state index is 11.4. The second-order valence-corrected chi connectivity index (χ2v) is 3.80. The van der Waals surface area contributed by atoms with Crippen molar-refractivity contribution in [1.82, 2.24) is 5.32 Å². The van der Waals surface area contributed by atoms with Gasteiger partial charge in [0.25, 0.3) is 5.91 Å². The highest BCUT2D eigenvalue weighted by molar-refractivity contribution is 5.97. The lowest BCUT2D eigenvalue weighted by atomic mass is 10.1. The minimum absolute atomic E-state index is 0.135. The highest BCUT2D eigenvalue weighted by atomic mass is 16.5. The van der Waals surface area contributed by atoms with Crippen LogP contribution in [-0.2, 0) is 4.79 Å². The van der Waals surface area contributed by atoms with E-state index in [1.54, 1.807) is 24.3 Å². The summed E-state index contributed by atoms with van der Waals surface area (Å²) in [5, 5.41) is 2.58. The number of Topliss-reactive ketones (excluding diaryl/α,β-unsaturated/α-hetero) is 1. The average molecular weight is 263 g/mol. The third-order valence-corrected chi connectivity index (χ3v) is 2.37. The zero-order valence-corrected chi connectivity index (χ0v) is 11.1. The molecule has 0 bridgehead atoms. The lowest BCUT2D eigenvalue weighted by Gasteiger charge is -2.11. The number of methoxy groups -OCH3 is 1. The van der Waals surface area contributed by atoms with E-state index in [0.29, 0.717) is 23.6 Å². The number of carbonyl (C=O) groups excluding carboxylic acids is 2. The summed E-state index contributed by atoms with van der Waals surface area (Å²) in [5.74, 6) is 0.480. The number of nitrogens with one attached hydrogen (secondary N) is 1. The molecule has 0 saturated carbocycles. The Morgan fingerprint density at radius 2 is 2.16 bits per heavy atom. The van der Waals surface area contributed by atoms with Crippen LogP contribution >= 0.6 is 0 Å². The topological polar surface area (TPSA) is 64.6 Å². The molecule has 0 spiro atoms. The summed E-state index contributed by atoms with van der Waals surface area (Å²) in [6.07, 6.45) is 1.57. The van der Waals surface area contributed by atoms with Crippen LogP contribution in [0.3, 0.4) is 0 Å². The van der Waals surface area contributed by atoms with E-state index < -0.39 is 0 Å². The lowest BCUT2D eigenvalue weighted by molar-refractivity contribution is -0.122. The van der Waals surface area contributed by atoms with Crippen LogP contribution in [0.4, 0.5) is 0 Å². The van der Waals surface area contributed by atoms with Crippen molar-refractivity contribution in [2.45, 2.75) is 6.92 Å². The zero-order valence-electron chi connectivity index (χ0n) is 11.1. The third kappa shape index (κ3) is 4.46. The predicted octanol–water partition coefficient (Wildman–Crippen LogP) is 1.58. The molecule has 19 heavy (non-hydrogen) atoms. The van der Waals surface area contributed by atoms with Crippen molar-refractivity contribution in [2.24, 2.45) is 0 Å². The molecule has 5 nitrogen and oxygen atoms in total. The quantitative estimate of drug-likeness (QED) is 0.599. The van der Waals surface area contributed by atoms with Gasteiger partial charge in [-0.1, -0.05) is 6.08 Å². The lowest BCUT2D eigenvalue weighted by Crippen LogP contribution is -2.29. The highest BCUT2D eigenvalue weighted by Crippen LogP contribution is 2.25. The fourth-order valence-corrected chi connectivity index (χ4v) is 1.42. The molecule has 1 amide bonds. The first kappa shape index (κ1) is 14.8. The number of amides is 1. The van der Waals surface area contributed by atoms with Gasteiger partial charge in [0, 0.05) is 12.6 Å². The van der Waals surface area contributed by atoms with Gasteiger partial charge in [0.2, 0.25) is 0 Å². The second-order valence-electron chi connectivity index (χ2n) is 3.80. The van der Waals surface area contributed by atoms with Crippen molar-refractivity contribution in [2.75, 3.05) is 20.3 Å². The van der Waals surface area contributed by atoms with Gasteiger partial charge in [-0.3, -0.25) is 9.59 Å². The van der Waals surface area contributed by atoms with E-state index >= 15 is 0 Å². The number of hydrogen-bond donors (Lipinski definition) is 1. The summed E-state index contributed by atoms with van der Waals surface area (Å²) >= 11 is 0. The monoisotopic (exact) mass is 263 g/mol. The maximum atomic E-state index is 11.4. The summed E-state index contributed by atoms with van der Waals surface area (Å²) in [7, 11) is 1.52. The number of hydrogen-bond acceptors (Lipinski definition) is 4. The van der Waals surface area contributed by atoms with Crippen LogP contribution in [0.25, 0.3) is 0 Å². The fraction of sp³-hybridized carbons (Fsp3) is 0.286. The minimum atomic E-state index is -0.280. The molecule has 0 atom stereocenters. The normalized spacial score (nSPS) is 9.58. The van der Waals surface area contributed by atoms with Crippen molar-refractivity contribution in [3.63, 3.8) is 0 Å². The Kier molecular flexibility index (Phi) is 5.60. The van der Waals surface area contributed by atoms with E-state index in [0.717, 1.165) is 0 Å². The molecule has 1 rings (SSSR count). The SMILES string of the molecule is C=CCNC(=O)COc1cc(OC)ccc1C(C)=O.